The average Bonchev–Trinajstić information content (AvgIpc) is 2.87. The summed E-state index contributed by atoms with van der Waals surface area (Å²) in [4.78, 5) is 33.1. The summed E-state index contributed by atoms with van der Waals surface area (Å²) >= 11 is 0. The number of carbonyl (C=O) groups excluding carboxylic acids is 1. The van der Waals surface area contributed by atoms with Gasteiger partial charge in [0.05, 0.1) is 11.0 Å². The van der Waals surface area contributed by atoms with Crippen molar-refractivity contribution >= 4 is 22.9 Å². The minimum Gasteiger partial charge on any atom is -0.490 e. The van der Waals surface area contributed by atoms with Gasteiger partial charge in [0.2, 0.25) is 5.88 Å². The number of nitrogens with zero attached hydrogens (tertiary/aromatic N) is 2. The Balaban J connectivity index is 1.28. The van der Waals surface area contributed by atoms with Crippen LogP contribution in [-0.2, 0) is 11.2 Å². The summed E-state index contributed by atoms with van der Waals surface area (Å²) in [6.45, 7) is 2.39. The molecule has 0 saturated heterocycles. The van der Waals surface area contributed by atoms with Crippen LogP contribution in [0.2, 0.25) is 0 Å². The van der Waals surface area contributed by atoms with Crippen molar-refractivity contribution in [2.24, 2.45) is 0 Å². The maximum Gasteiger partial charge on any atom is 0.326 e. The van der Waals surface area contributed by atoms with E-state index >= 15 is 0 Å². The van der Waals surface area contributed by atoms with Gasteiger partial charge >= 0.3 is 5.97 Å². The summed E-state index contributed by atoms with van der Waals surface area (Å²) in [5.74, 6) is -0.532. The Morgan fingerprint density at radius 2 is 1.49 bits per heavy atom. The summed E-state index contributed by atoms with van der Waals surface area (Å²) < 4.78 is 11.4. The minimum atomic E-state index is -1.09. The largest absolute Gasteiger partial charge is 0.490 e. The Morgan fingerprint density at radius 1 is 0.857 bits per heavy atom. The molecule has 0 radical (unpaired) electrons. The third-order valence-corrected chi connectivity index (χ3v) is 5.29. The normalized spacial score (nSPS) is 11.6. The number of aromatic nitrogens is 2. The van der Waals surface area contributed by atoms with Crippen LogP contribution >= 0.6 is 0 Å². The summed E-state index contributed by atoms with van der Waals surface area (Å²) in [5.41, 5.74) is 3.45. The number of aliphatic carboxylic acids is 1. The van der Waals surface area contributed by atoms with Crippen molar-refractivity contribution in [3.8, 4) is 11.6 Å². The number of nitrogens with one attached hydrogen (secondary N) is 1. The van der Waals surface area contributed by atoms with Crippen molar-refractivity contribution in [1.29, 1.82) is 0 Å². The van der Waals surface area contributed by atoms with Crippen LogP contribution in [0, 0.1) is 6.92 Å². The zero-order chi connectivity index (χ0) is 24.6. The van der Waals surface area contributed by atoms with E-state index in [2.05, 4.69) is 15.3 Å². The molecule has 0 bridgehead atoms. The van der Waals surface area contributed by atoms with Crippen molar-refractivity contribution in [3.63, 3.8) is 0 Å². The van der Waals surface area contributed by atoms with Gasteiger partial charge in [-0.15, -0.1) is 0 Å². The predicted octanol–water partition coefficient (Wildman–Crippen LogP) is 3.82. The maximum absolute atomic E-state index is 12.6. The van der Waals surface area contributed by atoms with Crippen LogP contribution in [0.25, 0.3) is 11.0 Å². The highest BCUT2D eigenvalue weighted by Crippen LogP contribution is 2.18. The van der Waals surface area contributed by atoms with Gasteiger partial charge in [0, 0.05) is 12.0 Å². The van der Waals surface area contributed by atoms with E-state index in [1.165, 1.54) is 0 Å². The van der Waals surface area contributed by atoms with Crippen molar-refractivity contribution in [3.05, 3.63) is 95.7 Å². The molecule has 0 saturated carbocycles. The van der Waals surface area contributed by atoms with Crippen molar-refractivity contribution in [2.75, 3.05) is 13.2 Å². The van der Waals surface area contributed by atoms with Gasteiger partial charge in [-0.3, -0.25) is 4.79 Å². The van der Waals surface area contributed by atoms with Gasteiger partial charge in [-0.2, -0.15) is 0 Å². The van der Waals surface area contributed by atoms with E-state index in [-0.39, 0.29) is 19.6 Å². The number of rotatable bonds is 10. The Labute approximate surface area is 202 Å². The molecule has 1 unspecified atom stereocenters. The Morgan fingerprint density at radius 3 is 2.17 bits per heavy atom. The first-order chi connectivity index (χ1) is 17.0. The molecule has 178 valence electrons. The standard InChI is InChI=1S/C27H25N3O5/c1-18-26(30-23-10-6-5-9-22(23)28-18)35-16-15-34-21-13-11-20(12-14-21)25(31)29-24(27(32)33)17-19-7-3-2-4-8-19/h2-14,24H,15-17H2,1H3,(H,29,31)(H,32,33). The number of para-hydroxylation sites is 2. The first-order valence-electron chi connectivity index (χ1n) is 11.2. The van der Waals surface area contributed by atoms with E-state index in [4.69, 9.17) is 9.47 Å². The number of carboxylic acids is 1. The molecule has 1 heterocycles. The van der Waals surface area contributed by atoms with Crippen LogP contribution in [0.4, 0.5) is 0 Å². The summed E-state index contributed by atoms with van der Waals surface area (Å²) in [6.07, 6.45) is 0.199. The van der Waals surface area contributed by atoms with E-state index in [0.717, 1.165) is 16.6 Å². The van der Waals surface area contributed by atoms with Crippen LogP contribution < -0.4 is 14.8 Å². The fourth-order valence-electron chi connectivity index (χ4n) is 3.50. The lowest BCUT2D eigenvalue weighted by Gasteiger charge is -2.15. The molecule has 8 nitrogen and oxygen atoms in total. The van der Waals surface area contributed by atoms with Crippen molar-refractivity contribution < 1.29 is 24.2 Å². The molecule has 1 amide bonds. The van der Waals surface area contributed by atoms with Gasteiger partial charge in [0.25, 0.3) is 5.91 Å². The first-order valence-corrected chi connectivity index (χ1v) is 11.2. The number of carboxylic acid groups (broad SMARTS) is 1. The first kappa shape index (κ1) is 23.7. The molecule has 0 aliphatic rings. The molecule has 2 N–H and O–H groups in total. The minimum absolute atomic E-state index is 0.199. The monoisotopic (exact) mass is 471 g/mol. The smallest absolute Gasteiger partial charge is 0.326 e. The molecule has 1 atom stereocenters. The number of amides is 1. The number of fused-ring (bicyclic) bond motifs is 1. The second-order valence-corrected chi connectivity index (χ2v) is 7.88. The summed E-state index contributed by atoms with van der Waals surface area (Å²) in [7, 11) is 0. The SMILES string of the molecule is Cc1nc2ccccc2nc1OCCOc1ccc(C(=O)NC(Cc2ccccc2)C(=O)O)cc1. The molecular weight excluding hydrogens is 446 g/mol. The van der Waals surface area contributed by atoms with Crippen LogP contribution in [0.5, 0.6) is 11.6 Å². The predicted molar refractivity (Wildman–Crippen MR) is 131 cm³/mol. The topological polar surface area (TPSA) is 111 Å². The molecule has 35 heavy (non-hydrogen) atoms. The van der Waals surface area contributed by atoms with E-state index in [0.29, 0.717) is 22.9 Å². The third kappa shape index (κ3) is 6.32. The molecule has 4 rings (SSSR count). The summed E-state index contributed by atoms with van der Waals surface area (Å²) in [6, 6.07) is 22.2. The molecular formula is C27H25N3O5. The maximum atomic E-state index is 12.6. The number of hydrogen-bond acceptors (Lipinski definition) is 6. The Bertz CT molecular complexity index is 1310. The zero-order valence-electron chi connectivity index (χ0n) is 19.2. The number of carbonyl (C=O) groups is 2. The number of benzene rings is 3. The Hall–Kier alpha value is -4.46. The lowest BCUT2D eigenvalue weighted by atomic mass is 10.1. The highest BCUT2D eigenvalue weighted by atomic mass is 16.5. The van der Waals surface area contributed by atoms with E-state index in [9.17, 15) is 14.7 Å². The van der Waals surface area contributed by atoms with Gasteiger partial charge < -0.3 is 19.9 Å². The lowest BCUT2D eigenvalue weighted by Crippen LogP contribution is -2.42. The zero-order valence-corrected chi connectivity index (χ0v) is 19.2. The van der Waals surface area contributed by atoms with Gasteiger partial charge in [-0.1, -0.05) is 42.5 Å². The van der Waals surface area contributed by atoms with E-state index in [1.807, 2.05) is 61.5 Å². The second-order valence-electron chi connectivity index (χ2n) is 7.88. The molecule has 0 aliphatic heterocycles. The third-order valence-electron chi connectivity index (χ3n) is 5.29. The molecule has 1 aromatic heterocycles. The molecule has 3 aromatic carbocycles. The molecule has 4 aromatic rings. The van der Waals surface area contributed by atoms with Gasteiger partial charge in [0.1, 0.15) is 30.7 Å². The quantitative estimate of drug-likeness (QED) is 0.338. The molecule has 8 heteroatoms. The lowest BCUT2D eigenvalue weighted by molar-refractivity contribution is -0.139. The number of aryl methyl sites for hydroxylation is 1. The van der Waals surface area contributed by atoms with Crippen LogP contribution in [-0.4, -0.2) is 46.2 Å². The molecule has 0 aliphatic carbocycles. The van der Waals surface area contributed by atoms with Crippen molar-refractivity contribution in [1.82, 2.24) is 15.3 Å². The second kappa shape index (κ2) is 11.1. The van der Waals surface area contributed by atoms with Crippen LogP contribution in [0.15, 0.2) is 78.9 Å². The average molecular weight is 472 g/mol. The molecule has 0 fully saturated rings. The van der Waals surface area contributed by atoms with Gasteiger partial charge in [0.15, 0.2) is 0 Å². The highest BCUT2D eigenvalue weighted by molar-refractivity contribution is 5.96. The highest BCUT2D eigenvalue weighted by Gasteiger charge is 2.21. The van der Waals surface area contributed by atoms with Crippen LogP contribution in [0.3, 0.4) is 0 Å². The van der Waals surface area contributed by atoms with E-state index < -0.39 is 17.9 Å². The number of hydrogen-bond donors (Lipinski definition) is 2. The van der Waals surface area contributed by atoms with Gasteiger partial charge in [-0.05, 0) is 48.9 Å². The van der Waals surface area contributed by atoms with E-state index in [1.54, 1.807) is 24.3 Å². The fourth-order valence-corrected chi connectivity index (χ4v) is 3.50. The molecule has 0 spiro atoms. The van der Waals surface area contributed by atoms with Crippen LogP contribution in [0.1, 0.15) is 21.6 Å². The summed E-state index contributed by atoms with van der Waals surface area (Å²) in [5, 5.41) is 12.1. The fraction of sp³-hybridized carbons (Fsp3) is 0.185. The number of ether oxygens (including phenoxy) is 2. The Kier molecular flexibility index (Phi) is 7.52. The van der Waals surface area contributed by atoms with Crippen molar-refractivity contribution in [2.45, 2.75) is 19.4 Å². The van der Waals surface area contributed by atoms with Gasteiger partial charge in [-0.25, -0.2) is 14.8 Å².